The number of carbonyl (C=O) groups is 1. The van der Waals surface area contributed by atoms with Gasteiger partial charge in [0.2, 0.25) is 0 Å². The summed E-state index contributed by atoms with van der Waals surface area (Å²) in [6.45, 7) is 2.04. The minimum atomic E-state index is 0.129. The SMILES string of the molecule is O=C1CCOc2ccc(OCCCn3cccc3)cc21. The standard InChI is InChI=1S/C16H17NO3/c18-15-6-11-20-16-5-4-13(12-14(15)16)19-10-3-9-17-7-1-2-8-17/h1-2,4-5,7-8,12H,3,6,9-11H2. The Morgan fingerprint density at radius 2 is 2.10 bits per heavy atom. The van der Waals surface area contributed by atoms with E-state index in [9.17, 15) is 4.79 Å². The molecule has 1 aliphatic rings. The molecule has 0 amide bonds. The number of hydrogen-bond donors (Lipinski definition) is 0. The summed E-state index contributed by atoms with van der Waals surface area (Å²) >= 11 is 0. The molecule has 0 saturated carbocycles. The van der Waals surface area contributed by atoms with Gasteiger partial charge >= 0.3 is 0 Å². The predicted octanol–water partition coefficient (Wildman–Crippen LogP) is 2.92. The highest BCUT2D eigenvalue weighted by molar-refractivity contribution is 5.99. The summed E-state index contributed by atoms with van der Waals surface area (Å²) in [5.74, 6) is 1.53. The molecule has 0 saturated heterocycles. The highest BCUT2D eigenvalue weighted by Crippen LogP contribution is 2.28. The lowest BCUT2D eigenvalue weighted by atomic mass is 10.0. The fourth-order valence-electron chi connectivity index (χ4n) is 2.29. The third-order valence-electron chi connectivity index (χ3n) is 3.33. The summed E-state index contributed by atoms with van der Waals surface area (Å²) in [6.07, 6.45) is 5.45. The summed E-state index contributed by atoms with van der Waals surface area (Å²) in [5.41, 5.74) is 0.638. The number of hydrogen-bond acceptors (Lipinski definition) is 3. The number of carbonyl (C=O) groups excluding carboxylic acids is 1. The van der Waals surface area contributed by atoms with Crippen LogP contribution in [0.4, 0.5) is 0 Å². The van der Waals surface area contributed by atoms with Crippen molar-refractivity contribution < 1.29 is 14.3 Å². The molecule has 2 aromatic rings. The second-order valence-corrected chi connectivity index (χ2v) is 4.80. The first kappa shape index (κ1) is 12.8. The van der Waals surface area contributed by atoms with Gasteiger partial charge in [0.25, 0.3) is 0 Å². The molecule has 4 nitrogen and oxygen atoms in total. The maximum Gasteiger partial charge on any atom is 0.170 e. The Kier molecular flexibility index (Phi) is 3.72. The van der Waals surface area contributed by atoms with Crippen LogP contribution in [0.5, 0.6) is 11.5 Å². The van der Waals surface area contributed by atoms with E-state index in [-0.39, 0.29) is 5.78 Å². The van der Waals surface area contributed by atoms with Crippen molar-refractivity contribution in [2.24, 2.45) is 0 Å². The highest BCUT2D eigenvalue weighted by atomic mass is 16.5. The largest absolute Gasteiger partial charge is 0.494 e. The molecule has 3 rings (SSSR count). The van der Waals surface area contributed by atoms with Crippen LogP contribution < -0.4 is 9.47 Å². The van der Waals surface area contributed by atoms with Crippen LogP contribution in [-0.2, 0) is 6.54 Å². The molecule has 0 aliphatic carbocycles. The van der Waals surface area contributed by atoms with Crippen molar-refractivity contribution in [2.45, 2.75) is 19.4 Å². The van der Waals surface area contributed by atoms with Crippen LogP contribution in [0.15, 0.2) is 42.7 Å². The Balaban J connectivity index is 1.55. The lowest BCUT2D eigenvalue weighted by Gasteiger charge is -2.17. The molecule has 1 aliphatic heterocycles. The van der Waals surface area contributed by atoms with Gasteiger partial charge in [-0.3, -0.25) is 4.79 Å². The predicted molar refractivity (Wildman–Crippen MR) is 75.4 cm³/mol. The minimum absolute atomic E-state index is 0.129. The van der Waals surface area contributed by atoms with Gasteiger partial charge < -0.3 is 14.0 Å². The van der Waals surface area contributed by atoms with Gasteiger partial charge in [0.15, 0.2) is 5.78 Å². The fraction of sp³-hybridized carbons (Fsp3) is 0.312. The number of rotatable bonds is 5. The number of aromatic nitrogens is 1. The van der Waals surface area contributed by atoms with Crippen molar-refractivity contribution >= 4 is 5.78 Å². The maximum absolute atomic E-state index is 11.8. The number of fused-ring (bicyclic) bond motifs is 1. The van der Waals surface area contributed by atoms with Crippen molar-refractivity contribution in [3.8, 4) is 11.5 Å². The van der Waals surface area contributed by atoms with Crippen molar-refractivity contribution in [1.29, 1.82) is 0 Å². The van der Waals surface area contributed by atoms with Crippen LogP contribution in [0, 0.1) is 0 Å². The van der Waals surface area contributed by atoms with Crippen molar-refractivity contribution in [1.82, 2.24) is 4.57 Å². The summed E-state index contributed by atoms with van der Waals surface area (Å²) in [5, 5.41) is 0. The van der Waals surface area contributed by atoms with Gasteiger partial charge in [0.05, 0.1) is 18.8 Å². The van der Waals surface area contributed by atoms with Crippen molar-refractivity contribution in [3.63, 3.8) is 0 Å². The molecule has 20 heavy (non-hydrogen) atoms. The molecule has 4 heteroatoms. The van der Waals surface area contributed by atoms with Gasteiger partial charge in [-0.15, -0.1) is 0 Å². The molecule has 0 bridgehead atoms. The second kappa shape index (κ2) is 5.82. The number of nitrogens with zero attached hydrogens (tertiary/aromatic N) is 1. The van der Waals surface area contributed by atoms with Crippen molar-refractivity contribution in [3.05, 3.63) is 48.3 Å². The molecule has 104 valence electrons. The molecule has 0 atom stereocenters. The molecule has 0 N–H and O–H groups in total. The van der Waals surface area contributed by atoms with Crippen LogP contribution >= 0.6 is 0 Å². The maximum atomic E-state index is 11.8. The highest BCUT2D eigenvalue weighted by Gasteiger charge is 2.18. The molecular weight excluding hydrogens is 254 g/mol. The van der Waals surface area contributed by atoms with Gasteiger partial charge in [-0.25, -0.2) is 0 Å². The van der Waals surface area contributed by atoms with Crippen LogP contribution in [0.2, 0.25) is 0 Å². The van der Waals surface area contributed by atoms with E-state index in [0.717, 1.165) is 18.7 Å². The molecular formula is C16H17NO3. The van der Waals surface area contributed by atoms with Crippen LogP contribution in [0.3, 0.4) is 0 Å². The minimum Gasteiger partial charge on any atom is -0.494 e. The normalized spacial score (nSPS) is 13.7. The number of ether oxygens (including phenoxy) is 2. The molecule has 0 unspecified atom stereocenters. The third-order valence-corrected chi connectivity index (χ3v) is 3.33. The quantitative estimate of drug-likeness (QED) is 0.785. The lowest BCUT2D eigenvalue weighted by Crippen LogP contribution is -2.15. The van der Waals surface area contributed by atoms with E-state index < -0.39 is 0 Å². The smallest absolute Gasteiger partial charge is 0.170 e. The Labute approximate surface area is 117 Å². The first-order valence-electron chi connectivity index (χ1n) is 6.86. The number of benzene rings is 1. The number of Topliss-reactive ketones (excluding diaryl/α,β-unsaturated/α-hetero) is 1. The van der Waals surface area contributed by atoms with E-state index in [4.69, 9.17) is 9.47 Å². The van der Waals surface area contributed by atoms with Crippen LogP contribution in [-0.4, -0.2) is 23.6 Å². The van der Waals surface area contributed by atoms with Gasteiger partial charge in [-0.05, 0) is 36.8 Å². The van der Waals surface area contributed by atoms with E-state index in [2.05, 4.69) is 4.57 Å². The summed E-state index contributed by atoms with van der Waals surface area (Å²) in [4.78, 5) is 11.8. The lowest BCUT2D eigenvalue weighted by molar-refractivity contribution is 0.0933. The Hall–Kier alpha value is -2.23. The molecule has 1 aromatic heterocycles. The average Bonchev–Trinajstić information content (AvgIpc) is 2.98. The fourth-order valence-corrected chi connectivity index (χ4v) is 2.29. The van der Waals surface area contributed by atoms with E-state index in [1.54, 1.807) is 6.07 Å². The van der Waals surface area contributed by atoms with E-state index in [0.29, 0.717) is 30.9 Å². The molecule has 1 aromatic carbocycles. The second-order valence-electron chi connectivity index (χ2n) is 4.80. The van der Waals surface area contributed by atoms with Gasteiger partial charge in [0, 0.05) is 25.4 Å². The van der Waals surface area contributed by atoms with Gasteiger partial charge in [-0.1, -0.05) is 0 Å². The van der Waals surface area contributed by atoms with Crippen molar-refractivity contribution in [2.75, 3.05) is 13.2 Å². The molecule has 0 spiro atoms. The average molecular weight is 271 g/mol. The first-order valence-corrected chi connectivity index (χ1v) is 6.86. The monoisotopic (exact) mass is 271 g/mol. The Morgan fingerprint density at radius 3 is 2.95 bits per heavy atom. The zero-order chi connectivity index (χ0) is 13.8. The van der Waals surface area contributed by atoms with Gasteiger partial charge in [-0.2, -0.15) is 0 Å². The Morgan fingerprint density at radius 1 is 1.25 bits per heavy atom. The molecule has 2 heterocycles. The van der Waals surface area contributed by atoms with E-state index in [1.165, 1.54) is 0 Å². The third kappa shape index (κ3) is 2.85. The summed E-state index contributed by atoms with van der Waals surface area (Å²) in [7, 11) is 0. The van der Waals surface area contributed by atoms with Gasteiger partial charge in [0.1, 0.15) is 11.5 Å². The number of aryl methyl sites for hydroxylation is 1. The zero-order valence-corrected chi connectivity index (χ0v) is 11.2. The van der Waals surface area contributed by atoms with E-state index in [1.807, 2.05) is 36.7 Å². The molecule has 0 fully saturated rings. The summed E-state index contributed by atoms with van der Waals surface area (Å²) < 4.78 is 13.3. The summed E-state index contributed by atoms with van der Waals surface area (Å²) in [6, 6.07) is 9.47. The zero-order valence-electron chi connectivity index (χ0n) is 11.2. The van der Waals surface area contributed by atoms with Crippen LogP contribution in [0.25, 0.3) is 0 Å². The van der Waals surface area contributed by atoms with E-state index >= 15 is 0 Å². The first-order chi connectivity index (χ1) is 9.83. The number of ketones is 1. The Bertz CT molecular complexity index is 590. The van der Waals surface area contributed by atoms with Crippen LogP contribution in [0.1, 0.15) is 23.2 Å². The molecule has 0 radical (unpaired) electrons. The topological polar surface area (TPSA) is 40.5 Å².